The maximum atomic E-state index is 12.0. The highest BCUT2D eigenvalue weighted by Gasteiger charge is 2.11. The molecule has 0 aliphatic heterocycles. The first-order chi connectivity index (χ1) is 9.79. The Morgan fingerprint density at radius 2 is 1.60 bits per heavy atom. The molecule has 4 heteroatoms. The predicted molar refractivity (Wildman–Crippen MR) is 80.8 cm³/mol. The summed E-state index contributed by atoms with van der Waals surface area (Å²) in [7, 11) is 0. The number of carbonyl (C=O) groups excluding carboxylic acids is 1. The number of rotatable bonds is 6. The molecule has 2 rings (SSSR count). The van der Waals surface area contributed by atoms with Gasteiger partial charge in [0.2, 0.25) is 5.91 Å². The van der Waals surface area contributed by atoms with E-state index in [1.165, 1.54) is 0 Å². The Morgan fingerprint density at radius 3 is 2.20 bits per heavy atom. The summed E-state index contributed by atoms with van der Waals surface area (Å²) < 4.78 is 0. The molecule has 2 N–H and O–H groups in total. The van der Waals surface area contributed by atoms with E-state index in [1.807, 2.05) is 65.6 Å². The van der Waals surface area contributed by atoms with Crippen molar-refractivity contribution in [3.63, 3.8) is 0 Å². The molecule has 0 saturated carbocycles. The predicted octanol–water partition coefficient (Wildman–Crippen LogP) is 2.12. The lowest BCUT2D eigenvalue weighted by atomic mass is 10.2. The highest BCUT2D eigenvalue weighted by Crippen LogP contribution is 2.13. The summed E-state index contributed by atoms with van der Waals surface area (Å²) in [4.78, 5) is 13.9. The second-order valence-electron chi connectivity index (χ2n) is 4.39. The summed E-state index contributed by atoms with van der Waals surface area (Å²) in [6, 6.07) is 18.9. The maximum Gasteiger partial charge on any atom is 0.243 e. The van der Waals surface area contributed by atoms with Gasteiger partial charge in [0, 0.05) is 17.9 Å². The Bertz CT molecular complexity index is 529. The van der Waals surface area contributed by atoms with Crippen LogP contribution in [0.3, 0.4) is 0 Å². The fraction of sp³-hybridized carbons (Fsp3) is 0.188. The average Bonchev–Trinajstić information content (AvgIpc) is 2.49. The van der Waals surface area contributed by atoms with Crippen molar-refractivity contribution < 1.29 is 9.90 Å². The van der Waals surface area contributed by atoms with Gasteiger partial charge in [-0.25, -0.2) is 0 Å². The van der Waals surface area contributed by atoms with E-state index in [0.29, 0.717) is 6.54 Å². The monoisotopic (exact) mass is 270 g/mol. The minimum absolute atomic E-state index is 0.00745. The summed E-state index contributed by atoms with van der Waals surface area (Å²) in [5.74, 6) is -0.103. The lowest BCUT2D eigenvalue weighted by molar-refractivity contribution is -0.115. The van der Waals surface area contributed by atoms with Crippen molar-refractivity contribution in [2.45, 2.75) is 0 Å². The highest BCUT2D eigenvalue weighted by molar-refractivity contribution is 5.94. The highest BCUT2D eigenvalue weighted by atomic mass is 16.3. The Morgan fingerprint density at radius 1 is 1.00 bits per heavy atom. The third kappa shape index (κ3) is 4.10. The van der Waals surface area contributed by atoms with Gasteiger partial charge in [-0.2, -0.15) is 0 Å². The first-order valence-corrected chi connectivity index (χ1v) is 6.55. The van der Waals surface area contributed by atoms with E-state index in [-0.39, 0.29) is 19.1 Å². The molecular formula is C16H18N2O2. The van der Waals surface area contributed by atoms with E-state index in [1.54, 1.807) is 0 Å². The number of nitrogens with one attached hydrogen (secondary N) is 1. The van der Waals surface area contributed by atoms with E-state index in [2.05, 4.69) is 5.32 Å². The topological polar surface area (TPSA) is 52.6 Å². The van der Waals surface area contributed by atoms with Crippen LogP contribution in [0.4, 0.5) is 11.4 Å². The number of anilines is 2. The van der Waals surface area contributed by atoms with E-state index in [0.717, 1.165) is 11.4 Å². The van der Waals surface area contributed by atoms with Gasteiger partial charge in [-0.05, 0) is 24.3 Å². The lowest BCUT2D eigenvalue weighted by Gasteiger charge is -2.23. The molecule has 0 bridgehead atoms. The zero-order valence-electron chi connectivity index (χ0n) is 11.2. The molecule has 0 saturated heterocycles. The van der Waals surface area contributed by atoms with E-state index in [4.69, 9.17) is 5.11 Å². The summed E-state index contributed by atoms with van der Waals surface area (Å²) in [6.07, 6.45) is 0. The number of nitrogens with zero attached hydrogens (tertiary/aromatic N) is 1. The van der Waals surface area contributed by atoms with Crippen LogP contribution < -0.4 is 10.2 Å². The van der Waals surface area contributed by atoms with Crippen molar-refractivity contribution >= 4 is 17.3 Å². The minimum Gasteiger partial charge on any atom is -0.395 e. The van der Waals surface area contributed by atoms with Crippen LogP contribution in [-0.2, 0) is 4.79 Å². The van der Waals surface area contributed by atoms with Crippen LogP contribution in [0.1, 0.15) is 0 Å². The average molecular weight is 270 g/mol. The molecule has 104 valence electrons. The van der Waals surface area contributed by atoms with Gasteiger partial charge in [0.05, 0.1) is 13.2 Å². The molecule has 20 heavy (non-hydrogen) atoms. The number of hydrogen-bond donors (Lipinski definition) is 2. The molecule has 2 aromatic rings. The number of hydrogen-bond acceptors (Lipinski definition) is 3. The first-order valence-electron chi connectivity index (χ1n) is 6.55. The SMILES string of the molecule is O=C(CN(CCO)c1ccccc1)Nc1ccccc1. The van der Waals surface area contributed by atoms with E-state index in [9.17, 15) is 4.79 Å². The first kappa shape index (κ1) is 14.1. The van der Waals surface area contributed by atoms with Crippen LogP contribution >= 0.6 is 0 Å². The molecule has 0 spiro atoms. The smallest absolute Gasteiger partial charge is 0.243 e. The molecule has 0 fully saturated rings. The van der Waals surface area contributed by atoms with Crippen LogP contribution in [0.25, 0.3) is 0 Å². The number of amides is 1. The number of aliphatic hydroxyl groups is 1. The normalized spacial score (nSPS) is 10.1. The largest absolute Gasteiger partial charge is 0.395 e. The van der Waals surface area contributed by atoms with Gasteiger partial charge < -0.3 is 15.3 Å². The zero-order valence-corrected chi connectivity index (χ0v) is 11.2. The van der Waals surface area contributed by atoms with Crippen molar-refractivity contribution in [3.8, 4) is 0 Å². The summed E-state index contributed by atoms with van der Waals surface area (Å²) in [6.45, 7) is 0.638. The Labute approximate surface area is 118 Å². The third-order valence-corrected chi connectivity index (χ3v) is 2.88. The molecule has 0 unspecified atom stereocenters. The van der Waals surface area contributed by atoms with Gasteiger partial charge in [-0.3, -0.25) is 4.79 Å². The molecule has 2 aromatic carbocycles. The van der Waals surface area contributed by atoms with Crippen molar-refractivity contribution in [2.24, 2.45) is 0 Å². The zero-order chi connectivity index (χ0) is 14.2. The van der Waals surface area contributed by atoms with Crippen molar-refractivity contribution in [3.05, 3.63) is 60.7 Å². The van der Waals surface area contributed by atoms with E-state index >= 15 is 0 Å². The second-order valence-corrected chi connectivity index (χ2v) is 4.39. The van der Waals surface area contributed by atoms with E-state index < -0.39 is 0 Å². The van der Waals surface area contributed by atoms with Crippen LogP contribution in [0.2, 0.25) is 0 Å². The number of benzene rings is 2. The Balaban J connectivity index is 1.99. The van der Waals surface area contributed by atoms with Gasteiger partial charge in [-0.1, -0.05) is 36.4 Å². The van der Waals surface area contributed by atoms with Gasteiger partial charge in [0.25, 0.3) is 0 Å². The molecule has 0 atom stereocenters. The molecule has 4 nitrogen and oxygen atoms in total. The number of carbonyl (C=O) groups is 1. The van der Waals surface area contributed by atoms with Crippen LogP contribution in [0.15, 0.2) is 60.7 Å². The Hall–Kier alpha value is -2.33. The maximum absolute atomic E-state index is 12.0. The second kappa shape index (κ2) is 7.31. The third-order valence-electron chi connectivity index (χ3n) is 2.88. The van der Waals surface area contributed by atoms with Gasteiger partial charge in [0.15, 0.2) is 0 Å². The molecule has 0 radical (unpaired) electrons. The molecule has 0 heterocycles. The fourth-order valence-corrected chi connectivity index (χ4v) is 1.95. The standard InChI is InChI=1S/C16H18N2O2/c19-12-11-18(15-9-5-2-6-10-15)13-16(20)17-14-7-3-1-4-8-14/h1-10,19H,11-13H2,(H,17,20). The molecule has 0 aliphatic rings. The minimum atomic E-state index is -0.103. The van der Waals surface area contributed by atoms with Gasteiger partial charge in [-0.15, -0.1) is 0 Å². The number of para-hydroxylation sites is 2. The van der Waals surface area contributed by atoms with Crippen molar-refractivity contribution in [1.29, 1.82) is 0 Å². The quantitative estimate of drug-likeness (QED) is 0.845. The van der Waals surface area contributed by atoms with Crippen LogP contribution in [0.5, 0.6) is 0 Å². The summed E-state index contributed by atoms with van der Waals surface area (Å²) in [5, 5.41) is 12.0. The Kier molecular flexibility index (Phi) is 5.15. The molecule has 0 aliphatic carbocycles. The molecule has 1 amide bonds. The van der Waals surface area contributed by atoms with Crippen LogP contribution in [-0.4, -0.2) is 30.7 Å². The van der Waals surface area contributed by atoms with Crippen LogP contribution in [0, 0.1) is 0 Å². The van der Waals surface area contributed by atoms with Crippen molar-refractivity contribution in [2.75, 3.05) is 29.9 Å². The lowest BCUT2D eigenvalue weighted by Crippen LogP contribution is -2.35. The molecular weight excluding hydrogens is 252 g/mol. The summed E-state index contributed by atoms with van der Waals surface area (Å²) in [5.41, 5.74) is 1.69. The fourth-order valence-electron chi connectivity index (χ4n) is 1.95. The van der Waals surface area contributed by atoms with Gasteiger partial charge >= 0.3 is 0 Å². The molecule has 0 aromatic heterocycles. The summed E-state index contributed by atoms with van der Waals surface area (Å²) >= 11 is 0. The van der Waals surface area contributed by atoms with Crippen molar-refractivity contribution in [1.82, 2.24) is 0 Å². The number of aliphatic hydroxyl groups excluding tert-OH is 1. The van der Waals surface area contributed by atoms with Gasteiger partial charge in [0.1, 0.15) is 0 Å².